The topological polar surface area (TPSA) is 16.1 Å². The number of fused-ring (bicyclic) bond motifs is 2. The molecule has 30 heteroatoms. The van der Waals surface area contributed by atoms with Gasteiger partial charge in [0.15, 0.2) is 0 Å². The van der Waals surface area contributed by atoms with E-state index in [1.165, 1.54) is 77.3 Å². The van der Waals surface area contributed by atoms with Crippen molar-refractivity contribution in [1.82, 2.24) is 9.65 Å². The normalized spacial score (nSPS) is 17.6. The monoisotopic (exact) mass is 1630 g/mol. The van der Waals surface area contributed by atoms with E-state index in [1.54, 1.807) is 0 Å². The fourth-order valence-corrected chi connectivity index (χ4v) is 16.8. The van der Waals surface area contributed by atoms with Crippen LogP contribution >= 0.6 is 19.4 Å². The zero-order chi connectivity index (χ0) is 71.9. The van der Waals surface area contributed by atoms with Crippen LogP contribution in [0.15, 0.2) is 157 Å². The number of rotatable bonds is 9. The van der Waals surface area contributed by atoms with Crippen LogP contribution < -0.4 is 32.5 Å². The van der Waals surface area contributed by atoms with Crippen molar-refractivity contribution >= 4 is 58.0 Å². The summed E-state index contributed by atoms with van der Waals surface area (Å²) < 4.78 is 344. The maximum absolute atomic E-state index is 14.2. The van der Waals surface area contributed by atoms with E-state index in [-0.39, 0.29) is 20.1 Å². The largest absolute Gasteiger partial charge is 0.416 e. The van der Waals surface area contributed by atoms with Crippen molar-refractivity contribution in [1.29, 1.82) is 0 Å². The van der Waals surface area contributed by atoms with Crippen LogP contribution in [-0.2, 0) is 69.5 Å². The summed E-state index contributed by atoms with van der Waals surface area (Å²) in [6.07, 6.45) is -36.9. The summed E-state index contributed by atoms with van der Waals surface area (Å²) in [5, 5.41) is 6.56. The molecule has 5 radical (unpaired) electrons. The molecule has 3 fully saturated rings. The van der Waals surface area contributed by atoms with Gasteiger partial charge in [0.05, 0.1) is 56.2 Å². The van der Waals surface area contributed by atoms with Crippen molar-refractivity contribution in [3.63, 3.8) is 0 Å². The molecule has 99 heavy (non-hydrogen) atoms. The zero-order valence-corrected chi connectivity index (χ0v) is 55.3. The van der Waals surface area contributed by atoms with Crippen LogP contribution in [0.5, 0.6) is 0 Å². The molecule has 0 spiro atoms. The fraction of sp³-hybridized carbons (Fsp3) is 0.290. The molecule has 0 unspecified atom stereocenters. The predicted molar refractivity (Wildman–Crippen MR) is 328 cm³/mol. The van der Waals surface area contributed by atoms with Gasteiger partial charge in [-0.3, -0.25) is 4.67 Å². The fourth-order valence-electron chi connectivity index (χ4n) is 12.6. The molecule has 1 aromatic heterocycles. The molecule has 2 saturated carbocycles. The Morgan fingerprint density at radius 1 is 0.394 bits per heavy atom. The van der Waals surface area contributed by atoms with E-state index >= 15 is 0 Å². The van der Waals surface area contributed by atoms with Crippen molar-refractivity contribution in [2.24, 2.45) is 5.92 Å². The maximum atomic E-state index is 14.2. The third kappa shape index (κ3) is 18.1. The second kappa shape index (κ2) is 29.9. The Kier molecular flexibility index (Phi) is 23.6. The SMILES string of the molecule is Cc1ccccc1P(c1ccccc1C)N1[C@H]2CC[C@H](C2)[C@@H]1c1nc(-c2ccccc2)cs1.FC(F)(F)c1cc([B-](c2cc(C(F)(F)F)cc(C(F)(F)F)c2)(c2cc(C(F)(F)F)cc(C(F)(F)F)c2)c2cc(C(F)(F)F)cc(C(F)(F)F)c2)cc(C(F)(F)F)c1.[CH]1[CH]CC[CH][CH]CC1.[Ir]. The minimum Gasteiger partial charge on any atom is -0.262 e. The molecule has 2 nitrogen and oxygen atoms in total. The van der Waals surface area contributed by atoms with Gasteiger partial charge >= 0.3 is 49.4 Å². The third-order valence-electron chi connectivity index (χ3n) is 17.1. The number of thiazole rings is 1. The van der Waals surface area contributed by atoms with Crippen LogP contribution in [0.25, 0.3) is 11.3 Å². The number of aryl methyl sites for hydroxylation is 2. The number of alkyl halides is 24. The van der Waals surface area contributed by atoms with Crippen molar-refractivity contribution in [3.05, 3.63) is 243 Å². The number of nitrogens with zero attached hydrogens (tertiary/aromatic N) is 2. The summed E-state index contributed by atoms with van der Waals surface area (Å²) in [6.45, 7) is 4.56. The van der Waals surface area contributed by atoms with E-state index in [2.05, 4.69) is 128 Å². The molecule has 7 aromatic carbocycles. The van der Waals surface area contributed by atoms with E-state index < -0.39 is 203 Å². The van der Waals surface area contributed by atoms with Crippen LogP contribution in [0.1, 0.15) is 112 Å². The Labute approximate surface area is 571 Å². The first-order chi connectivity index (χ1) is 45.5. The number of hydrogen-bond donors (Lipinski definition) is 0. The van der Waals surface area contributed by atoms with E-state index in [0.29, 0.717) is 18.0 Å². The second-order valence-corrected chi connectivity index (χ2v) is 26.6. The minimum atomic E-state index is -6.13. The van der Waals surface area contributed by atoms with Gasteiger partial charge in [-0.15, -0.1) is 11.3 Å². The Balaban J connectivity index is 0.000000246. The second-order valence-electron chi connectivity index (χ2n) is 23.7. The molecule has 0 amide bonds. The molecule has 3 aliphatic rings. The standard InChI is InChI=1S/C32H12BF24.C29H29N2PS.C8H12.Ir/c34-25(35,36)13-1-14(26(37,38)39)6-21(5-13)33(22-7-15(27(40,41)42)2-16(8-22)28(43,44)45,23-9-17(29(46,47)48)3-18(10-23)30(49,50)51)24-11-19(31(52,53)54)4-20(12-24)32(55,56)57;1-20-10-6-8-14-26(20)32(27-15-9-7-11-21(27)2)31-24-17-16-23(18-24)28(31)29-30-25(19-33-29)22-12-4-3-5-13-22;1-2-4-6-8-7-5-3-1;/h1-12H;3-15,19,23-24,28H,16-18H2,1-2H3;1-2,7-8H,3-6H2;/q-1;;;/t;23-,24+,28-;;/m.1../s1. The number of hydrogen-bond acceptors (Lipinski definition) is 3. The van der Waals surface area contributed by atoms with Gasteiger partial charge in [0.25, 0.3) is 0 Å². The Bertz CT molecular complexity index is 3570. The molecule has 531 valence electrons. The first-order valence-corrected chi connectivity index (χ1v) is 32.0. The molecular formula is C69H53BF24IrN2PS-. The van der Waals surface area contributed by atoms with Crippen LogP contribution in [0, 0.1) is 45.4 Å². The van der Waals surface area contributed by atoms with Gasteiger partial charge in [0, 0.05) is 45.2 Å². The molecular weight excluding hydrogens is 1580 g/mol. The molecule has 0 N–H and O–H groups in total. The average molecular weight is 1630 g/mol. The van der Waals surface area contributed by atoms with Gasteiger partial charge in [-0.05, 0) is 136 Å². The van der Waals surface area contributed by atoms with Crippen LogP contribution in [-0.4, -0.2) is 21.8 Å². The van der Waals surface area contributed by atoms with Crippen LogP contribution in [0.3, 0.4) is 0 Å². The molecule has 1 aliphatic heterocycles. The van der Waals surface area contributed by atoms with Gasteiger partial charge in [0.2, 0.25) is 0 Å². The Morgan fingerprint density at radius 2 is 0.687 bits per heavy atom. The first kappa shape index (κ1) is 78.3. The molecule has 2 heterocycles. The van der Waals surface area contributed by atoms with E-state index in [0.717, 1.165) is 5.69 Å². The molecule has 3 atom stereocenters. The van der Waals surface area contributed by atoms with Crippen LogP contribution in [0.4, 0.5) is 105 Å². The average Bonchev–Trinajstić information content (AvgIpc) is 1.73. The number of piperidine rings is 1. The quantitative estimate of drug-likeness (QED) is 0.0813. The summed E-state index contributed by atoms with van der Waals surface area (Å²) >= 11 is 1.86. The minimum absolute atomic E-state index is 0. The van der Waals surface area contributed by atoms with Crippen molar-refractivity contribution in [3.8, 4) is 11.3 Å². The summed E-state index contributed by atoms with van der Waals surface area (Å²) in [4.78, 5) is 5.23. The number of aromatic nitrogens is 1. The van der Waals surface area contributed by atoms with Crippen molar-refractivity contribution in [2.45, 2.75) is 120 Å². The number of benzene rings is 7. The molecule has 8 aromatic rings. The van der Waals surface area contributed by atoms with Crippen LogP contribution in [0.2, 0.25) is 0 Å². The summed E-state index contributed by atoms with van der Waals surface area (Å²) in [7, 11) is -0.616. The Hall–Kier alpha value is -6.41. The van der Waals surface area contributed by atoms with Gasteiger partial charge in [-0.25, -0.2) is 4.98 Å². The smallest absolute Gasteiger partial charge is 0.262 e. The summed E-state index contributed by atoms with van der Waals surface area (Å²) in [6, 6.07) is 21.0. The van der Waals surface area contributed by atoms with E-state index in [4.69, 9.17) is 4.98 Å². The zero-order valence-electron chi connectivity index (χ0n) is 51.2. The van der Waals surface area contributed by atoms with Gasteiger partial charge < -0.3 is 0 Å². The molecule has 2 aliphatic carbocycles. The first-order valence-electron chi connectivity index (χ1n) is 29.8. The number of halogens is 24. The molecule has 1 saturated heterocycles. The van der Waals surface area contributed by atoms with E-state index in [1.807, 2.05) is 11.3 Å². The maximum Gasteiger partial charge on any atom is 0.416 e. The van der Waals surface area contributed by atoms with Crippen molar-refractivity contribution in [2.75, 3.05) is 0 Å². The molecule has 2 bridgehead atoms. The summed E-state index contributed by atoms with van der Waals surface area (Å²) in [5.74, 6) is 0.711. The third-order valence-corrected chi connectivity index (χ3v) is 21.0. The van der Waals surface area contributed by atoms with Gasteiger partial charge in [-0.1, -0.05) is 127 Å². The Morgan fingerprint density at radius 3 is 0.980 bits per heavy atom. The summed E-state index contributed by atoms with van der Waals surface area (Å²) in [5.41, 5.74) is -25.1. The van der Waals surface area contributed by atoms with Gasteiger partial charge in [0.1, 0.15) is 11.2 Å². The predicted octanol–water partition coefficient (Wildman–Crippen LogP) is 20.6. The van der Waals surface area contributed by atoms with Gasteiger partial charge in [-0.2, -0.15) is 127 Å². The molecule has 11 rings (SSSR count). The van der Waals surface area contributed by atoms with E-state index in [9.17, 15) is 105 Å². The van der Waals surface area contributed by atoms with Crippen molar-refractivity contribution < 1.29 is 125 Å².